The van der Waals surface area contributed by atoms with Gasteiger partial charge in [0.1, 0.15) is 0 Å². The Kier molecular flexibility index (Phi) is 8.21. The maximum absolute atomic E-state index is 13.6. The molecule has 2 aromatic rings. The molecule has 1 aliphatic carbocycles. The van der Waals surface area contributed by atoms with Crippen LogP contribution in [0.1, 0.15) is 57.6 Å². The molecule has 1 amide bonds. The Morgan fingerprint density at radius 3 is 2.11 bits per heavy atom. The maximum Gasteiger partial charge on any atom is 0.430 e. The fraction of sp³-hybridized carbons (Fsp3) is 0.458. The molecule has 198 valence electrons. The lowest BCUT2D eigenvalue weighted by Crippen LogP contribution is -2.56. The molecule has 0 saturated heterocycles. The quantitative estimate of drug-likeness (QED) is 0.334. The van der Waals surface area contributed by atoms with Crippen LogP contribution in [-0.4, -0.2) is 33.6 Å². The molecule has 1 aliphatic rings. The Morgan fingerprint density at radius 2 is 1.67 bits per heavy atom. The van der Waals surface area contributed by atoms with Crippen molar-refractivity contribution in [1.82, 2.24) is 5.32 Å². The number of halogens is 6. The molecule has 2 aromatic carbocycles. The third-order valence-corrected chi connectivity index (χ3v) is 7.18. The van der Waals surface area contributed by atoms with E-state index in [4.69, 9.17) is 0 Å². The molecule has 12 heteroatoms. The van der Waals surface area contributed by atoms with Gasteiger partial charge in [0, 0.05) is 29.5 Å². The summed E-state index contributed by atoms with van der Waals surface area (Å²) in [6.45, 7) is 1.95. The van der Waals surface area contributed by atoms with Gasteiger partial charge in [-0.05, 0) is 72.5 Å². The smallest absolute Gasteiger partial charge is 0.430 e. The van der Waals surface area contributed by atoms with Crippen LogP contribution in [0.2, 0.25) is 0 Å². The van der Waals surface area contributed by atoms with Crippen LogP contribution in [0, 0.1) is 12.8 Å². The number of rotatable bonds is 9. The summed E-state index contributed by atoms with van der Waals surface area (Å²) in [5.41, 5.74) is -3.78. The third kappa shape index (κ3) is 5.60. The molecule has 0 radical (unpaired) electrons. The predicted molar refractivity (Wildman–Crippen MR) is 119 cm³/mol. The van der Waals surface area contributed by atoms with E-state index in [0.717, 1.165) is 37.5 Å². The van der Waals surface area contributed by atoms with E-state index >= 15 is 0 Å². The summed E-state index contributed by atoms with van der Waals surface area (Å²) in [6, 6.07) is 7.98. The fourth-order valence-electron chi connectivity index (χ4n) is 4.12. The Labute approximate surface area is 206 Å². The zero-order valence-corrected chi connectivity index (χ0v) is 20.2. The highest BCUT2D eigenvalue weighted by Crippen LogP contribution is 2.53. The molecular weight excluding hydrogens is 512 g/mol. The number of nitrogens with one attached hydrogen (secondary N) is 1. The largest absolute Gasteiger partial charge is 0.772 e. The first-order valence-corrected chi connectivity index (χ1v) is 12.2. The first kappa shape index (κ1) is 28.1. The van der Waals surface area contributed by atoms with E-state index in [0.29, 0.717) is 23.3 Å². The van der Waals surface area contributed by atoms with Gasteiger partial charge in [0.15, 0.2) is 0 Å². The van der Waals surface area contributed by atoms with E-state index in [2.05, 4.69) is 10.1 Å². The van der Waals surface area contributed by atoms with E-state index in [1.165, 1.54) is 0 Å². The monoisotopic (exact) mass is 536 g/mol. The lowest BCUT2D eigenvalue weighted by molar-refractivity contribution is -0.388. The van der Waals surface area contributed by atoms with Crippen LogP contribution in [0.3, 0.4) is 0 Å². The van der Waals surface area contributed by atoms with Crippen molar-refractivity contribution in [2.75, 3.05) is 6.61 Å². The molecule has 0 heterocycles. The first-order chi connectivity index (χ1) is 16.7. The first-order valence-electron chi connectivity index (χ1n) is 11.1. The van der Waals surface area contributed by atoms with E-state index in [1.807, 2.05) is 0 Å². The molecule has 3 rings (SSSR count). The van der Waals surface area contributed by atoms with Crippen molar-refractivity contribution < 1.29 is 44.6 Å². The summed E-state index contributed by atoms with van der Waals surface area (Å²) >= 11 is -2.26. The third-order valence-electron chi connectivity index (χ3n) is 6.10. The number of amides is 1. The Hall–Kier alpha value is -2.44. The van der Waals surface area contributed by atoms with Crippen molar-refractivity contribution in [2.45, 2.75) is 56.4 Å². The maximum atomic E-state index is 13.6. The lowest BCUT2D eigenvalue weighted by atomic mass is 9.91. The van der Waals surface area contributed by atoms with Crippen molar-refractivity contribution in [1.29, 1.82) is 0 Å². The van der Waals surface area contributed by atoms with Gasteiger partial charge in [0.25, 0.3) is 11.5 Å². The lowest BCUT2D eigenvalue weighted by Gasteiger charge is -2.37. The van der Waals surface area contributed by atoms with Crippen LogP contribution >= 0.6 is 0 Å². The van der Waals surface area contributed by atoms with Gasteiger partial charge in [-0.2, -0.15) is 26.3 Å². The Bertz CT molecular complexity index is 1100. The van der Waals surface area contributed by atoms with Crippen LogP contribution in [0.15, 0.2) is 42.5 Å². The topological polar surface area (TPSA) is 78.5 Å². The van der Waals surface area contributed by atoms with Crippen molar-refractivity contribution in [2.24, 2.45) is 5.92 Å². The Balaban J connectivity index is 1.75. The molecule has 1 saturated carbocycles. The summed E-state index contributed by atoms with van der Waals surface area (Å²) in [7, 11) is 0. The van der Waals surface area contributed by atoms with Gasteiger partial charge in [0.2, 0.25) is 0 Å². The molecule has 1 N–H and O–H groups in total. The molecule has 0 bridgehead atoms. The molecule has 0 aromatic heterocycles. The molecule has 5 nitrogen and oxygen atoms in total. The number of hydrogen-bond acceptors (Lipinski definition) is 4. The van der Waals surface area contributed by atoms with Crippen molar-refractivity contribution in [3.63, 3.8) is 0 Å². The van der Waals surface area contributed by atoms with Crippen LogP contribution in [0.25, 0.3) is 0 Å². The van der Waals surface area contributed by atoms with E-state index in [-0.39, 0.29) is 18.0 Å². The molecule has 0 spiro atoms. The molecule has 1 fully saturated rings. The Morgan fingerprint density at radius 1 is 1.08 bits per heavy atom. The molecule has 0 aliphatic heterocycles. The van der Waals surface area contributed by atoms with Crippen LogP contribution in [0.5, 0.6) is 0 Å². The number of benzene rings is 2. The van der Waals surface area contributed by atoms with Crippen LogP contribution in [-0.2, 0) is 28.0 Å². The molecule has 2 atom stereocenters. The number of carbonyl (C=O) groups excluding carboxylic acids is 1. The molecule has 36 heavy (non-hydrogen) atoms. The number of ether oxygens (including phenoxy) is 1. The van der Waals surface area contributed by atoms with Gasteiger partial charge in [-0.3, -0.25) is 9.00 Å². The summed E-state index contributed by atoms with van der Waals surface area (Å²) < 4.78 is 109. The van der Waals surface area contributed by atoms with E-state index in [9.17, 15) is 39.9 Å². The van der Waals surface area contributed by atoms with Gasteiger partial charge in [-0.15, -0.1) is 0 Å². The second-order valence-corrected chi connectivity index (χ2v) is 9.60. The van der Waals surface area contributed by atoms with E-state index < -0.39 is 52.4 Å². The second-order valence-electron chi connectivity index (χ2n) is 8.57. The highest BCUT2D eigenvalue weighted by molar-refractivity contribution is 7.79. The van der Waals surface area contributed by atoms with Crippen molar-refractivity contribution in [3.8, 4) is 0 Å². The number of alkyl halides is 6. The van der Waals surface area contributed by atoms with Crippen LogP contribution in [0.4, 0.5) is 26.3 Å². The average Bonchev–Trinajstić information content (AvgIpc) is 3.60. The summed E-state index contributed by atoms with van der Waals surface area (Å²) in [5.74, 6) is -0.616. The van der Waals surface area contributed by atoms with Gasteiger partial charge in [-0.1, -0.05) is 30.3 Å². The number of hydrogen-bond donors (Lipinski definition) is 1. The van der Waals surface area contributed by atoms with Gasteiger partial charge >= 0.3 is 12.4 Å². The highest BCUT2D eigenvalue weighted by Gasteiger charge is 2.73. The predicted octanol–water partition coefficient (Wildman–Crippen LogP) is 5.61. The minimum absolute atomic E-state index is 0.0231. The van der Waals surface area contributed by atoms with Gasteiger partial charge in [0.05, 0.1) is 0 Å². The number of carbonyl (C=O) groups is 1. The summed E-state index contributed by atoms with van der Waals surface area (Å²) in [5, 5.41) is 1.98. The van der Waals surface area contributed by atoms with E-state index in [1.54, 1.807) is 25.1 Å². The standard InChI is InChI=1S/C24H25F6NO4S/c1-3-35-22(23(25,26)27,24(28,29)30)19-10-8-16(9-11-19)21(32)31-13-18-7-6-17(12-14(18)2)20(36(33)34)15-4-5-15/h6-12,15,20H,3-5,13H2,1-2H3,(H,31,32)(H,33,34)/p-1. The molecule has 2 unspecified atom stereocenters. The summed E-state index contributed by atoms with van der Waals surface area (Å²) in [4.78, 5) is 12.5. The number of aryl methyl sites for hydroxylation is 1. The fourth-order valence-corrected chi connectivity index (χ4v) is 5.07. The second kappa shape index (κ2) is 10.5. The zero-order valence-electron chi connectivity index (χ0n) is 19.3. The molecular formula is C24H24F6NO4S-. The normalized spacial score (nSPS) is 16.5. The summed E-state index contributed by atoms with van der Waals surface area (Å²) in [6.07, 6.45) is -9.89. The SMILES string of the molecule is CCOC(c1ccc(C(=O)NCc2ccc(C(C3CC3)S(=O)[O-])cc2C)cc1)(C(F)(F)F)C(F)(F)F. The van der Waals surface area contributed by atoms with Crippen molar-refractivity contribution >= 4 is 17.0 Å². The minimum atomic E-state index is -5.79. The zero-order chi connectivity index (χ0) is 26.9. The van der Waals surface area contributed by atoms with Gasteiger partial charge < -0.3 is 14.6 Å². The van der Waals surface area contributed by atoms with Gasteiger partial charge in [-0.25, -0.2) is 0 Å². The van der Waals surface area contributed by atoms with Crippen molar-refractivity contribution in [3.05, 3.63) is 70.3 Å². The highest BCUT2D eigenvalue weighted by atomic mass is 32.2. The van der Waals surface area contributed by atoms with Crippen LogP contribution < -0.4 is 5.32 Å². The average molecular weight is 537 g/mol. The minimum Gasteiger partial charge on any atom is -0.772 e.